The summed E-state index contributed by atoms with van der Waals surface area (Å²) in [5.41, 5.74) is 2.30. The van der Waals surface area contributed by atoms with E-state index in [1.807, 2.05) is 62.4 Å². The van der Waals surface area contributed by atoms with Crippen molar-refractivity contribution in [3.63, 3.8) is 0 Å². The number of hydrogen-bond acceptors (Lipinski definition) is 3. The summed E-state index contributed by atoms with van der Waals surface area (Å²) in [6, 6.07) is 20.1. The van der Waals surface area contributed by atoms with E-state index >= 15 is 0 Å². The first-order valence-corrected chi connectivity index (χ1v) is 9.94. The van der Waals surface area contributed by atoms with Gasteiger partial charge in [0.25, 0.3) is 0 Å². The maximum absolute atomic E-state index is 12.9. The van der Waals surface area contributed by atoms with E-state index in [0.29, 0.717) is 19.6 Å². The Labute approximate surface area is 167 Å². The monoisotopic (exact) mass is 379 g/mol. The molecule has 0 spiro atoms. The van der Waals surface area contributed by atoms with E-state index < -0.39 is 5.91 Å². The number of carbonyl (C=O) groups is 2. The number of rotatable bonds is 5. The highest BCUT2D eigenvalue weighted by Gasteiger charge is 2.30. The van der Waals surface area contributed by atoms with Gasteiger partial charge in [-0.15, -0.1) is 0 Å². The van der Waals surface area contributed by atoms with Gasteiger partial charge in [0, 0.05) is 45.3 Å². The molecule has 2 amide bonds. The predicted octanol–water partition coefficient (Wildman–Crippen LogP) is 2.77. The summed E-state index contributed by atoms with van der Waals surface area (Å²) in [7, 11) is 0. The fourth-order valence-corrected chi connectivity index (χ4v) is 3.48. The Morgan fingerprint density at radius 2 is 1.39 bits per heavy atom. The first-order chi connectivity index (χ1) is 13.5. The summed E-state index contributed by atoms with van der Waals surface area (Å²) in [4.78, 5) is 31.4. The van der Waals surface area contributed by atoms with Crippen molar-refractivity contribution >= 4 is 11.8 Å². The molecule has 0 aliphatic carbocycles. The lowest BCUT2D eigenvalue weighted by Gasteiger charge is -2.36. The minimum atomic E-state index is -0.407. The SMILES string of the molecule is CC(C)N(Cc1ccccc1)C(=O)C(=O)N1CCN(Cc2ccccc2)CC1. The highest BCUT2D eigenvalue weighted by Crippen LogP contribution is 2.12. The zero-order valence-electron chi connectivity index (χ0n) is 16.8. The zero-order chi connectivity index (χ0) is 19.9. The van der Waals surface area contributed by atoms with Crippen molar-refractivity contribution in [2.45, 2.75) is 33.0 Å². The molecule has 1 fully saturated rings. The van der Waals surface area contributed by atoms with Crippen LogP contribution in [-0.4, -0.2) is 58.7 Å². The summed E-state index contributed by atoms with van der Waals surface area (Å²) in [5.74, 6) is -0.792. The molecule has 0 aromatic heterocycles. The first kappa shape index (κ1) is 20.1. The standard InChI is InChI=1S/C23H29N3O2/c1-19(2)26(18-21-11-7-4-8-12-21)23(28)22(27)25-15-13-24(14-16-25)17-20-9-5-3-6-10-20/h3-12,19H,13-18H2,1-2H3. The van der Waals surface area contributed by atoms with Gasteiger partial charge in [-0.25, -0.2) is 0 Å². The molecule has 0 atom stereocenters. The minimum Gasteiger partial charge on any atom is -0.332 e. The Morgan fingerprint density at radius 3 is 1.93 bits per heavy atom. The highest BCUT2D eigenvalue weighted by molar-refractivity contribution is 6.35. The maximum atomic E-state index is 12.9. The van der Waals surface area contributed by atoms with E-state index in [0.717, 1.165) is 25.2 Å². The second kappa shape index (κ2) is 9.51. The van der Waals surface area contributed by atoms with Crippen LogP contribution in [0.25, 0.3) is 0 Å². The summed E-state index contributed by atoms with van der Waals surface area (Å²) in [6.45, 7) is 7.99. The summed E-state index contributed by atoms with van der Waals surface area (Å²) >= 11 is 0. The molecule has 1 aliphatic heterocycles. The Balaban J connectivity index is 1.56. The van der Waals surface area contributed by atoms with Gasteiger partial charge < -0.3 is 9.80 Å². The van der Waals surface area contributed by atoms with Crippen molar-refractivity contribution in [3.8, 4) is 0 Å². The van der Waals surface area contributed by atoms with Crippen LogP contribution >= 0.6 is 0 Å². The largest absolute Gasteiger partial charge is 0.332 e. The third kappa shape index (κ3) is 5.20. The predicted molar refractivity (Wildman–Crippen MR) is 110 cm³/mol. The van der Waals surface area contributed by atoms with Gasteiger partial charge in [-0.2, -0.15) is 0 Å². The average molecular weight is 380 g/mol. The molecule has 0 saturated carbocycles. The van der Waals surface area contributed by atoms with Crippen molar-refractivity contribution < 1.29 is 9.59 Å². The van der Waals surface area contributed by atoms with E-state index in [9.17, 15) is 9.59 Å². The number of nitrogens with zero attached hydrogens (tertiary/aromatic N) is 3. The molecule has 5 heteroatoms. The van der Waals surface area contributed by atoms with Gasteiger partial charge in [-0.3, -0.25) is 14.5 Å². The summed E-state index contributed by atoms with van der Waals surface area (Å²) in [5, 5.41) is 0. The summed E-state index contributed by atoms with van der Waals surface area (Å²) < 4.78 is 0. The lowest BCUT2D eigenvalue weighted by atomic mass is 10.1. The number of piperazine rings is 1. The van der Waals surface area contributed by atoms with Crippen LogP contribution in [-0.2, 0) is 22.7 Å². The molecule has 2 aromatic carbocycles. The van der Waals surface area contributed by atoms with Crippen molar-refractivity contribution in [1.82, 2.24) is 14.7 Å². The number of carbonyl (C=O) groups excluding carboxylic acids is 2. The van der Waals surface area contributed by atoms with E-state index in [1.165, 1.54) is 5.56 Å². The van der Waals surface area contributed by atoms with Crippen molar-refractivity contribution in [3.05, 3.63) is 71.8 Å². The second-order valence-electron chi connectivity index (χ2n) is 7.57. The molecule has 0 radical (unpaired) electrons. The molecule has 1 aliphatic rings. The first-order valence-electron chi connectivity index (χ1n) is 9.94. The van der Waals surface area contributed by atoms with Crippen LogP contribution in [0.5, 0.6) is 0 Å². The maximum Gasteiger partial charge on any atom is 0.312 e. The number of benzene rings is 2. The van der Waals surface area contributed by atoms with E-state index in [2.05, 4.69) is 17.0 Å². The third-order valence-electron chi connectivity index (χ3n) is 5.17. The van der Waals surface area contributed by atoms with Crippen LogP contribution in [0.1, 0.15) is 25.0 Å². The molecule has 3 rings (SSSR count). The van der Waals surface area contributed by atoms with Gasteiger partial charge in [-0.05, 0) is 25.0 Å². The van der Waals surface area contributed by atoms with Crippen LogP contribution in [0.4, 0.5) is 0 Å². The molecule has 5 nitrogen and oxygen atoms in total. The molecule has 0 unspecified atom stereocenters. The van der Waals surface area contributed by atoms with Crippen LogP contribution < -0.4 is 0 Å². The van der Waals surface area contributed by atoms with Gasteiger partial charge >= 0.3 is 11.8 Å². The lowest BCUT2D eigenvalue weighted by molar-refractivity contribution is -0.154. The van der Waals surface area contributed by atoms with Gasteiger partial charge in [0.15, 0.2) is 0 Å². The molecular weight excluding hydrogens is 350 g/mol. The van der Waals surface area contributed by atoms with Crippen molar-refractivity contribution in [2.75, 3.05) is 26.2 Å². The van der Waals surface area contributed by atoms with E-state index in [1.54, 1.807) is 9.80 Å². The minimum absolute atomic E-state index is 0.0315. The normalized spacial score (nSPS) is 14.9. The molecule has 0 bridgehead atoms. The second-order valence-corrected chi connectivity index (χ2v) is 7.57. The van der Waals surface area contributed by atoms with Gasteiger partial charge in [0.05, 0.1) is 0 Å². The molecule has 2 aromatic rings. The van der Waals surface area contributed by atoms with Crippen LogP contribution in [0.2, 0.25) is 0 Å². The van der Waals surface area contributed by atoms with Crippen molar-refractivity contribution in [2.24, 2.45) is 0 Å². The fraction of sp³-hybridized carbons (Fsp3) is 0.391. The lowest BCUT2D eigenvalue weighted by Crippen LogP contribution is -2.53. The molecule has 28 heavy (non-hydrogen) atoms. The van der Waals surface area contributed by atoms with Crippen LogP contribution in [0.15, 0.2) is 60.7 Å². The average Bonchev–Trinajstić information content (AvgIpc) is 2.73. The fourth-order valence-electron chi connectivity index (χ4n) is 3.48. The molecule has 1 saturated heterocycles. The number of hydrogen-bond donors (Lipinski definition) is 0. The Morgan fingerprint density at radius 1 is 0.857 bits per heavy atom. The molecule has 1 heterocycles. The molecule has 148 valence electrons. The number of amides is 2. The topological polar surface area (TPSA) is 43.9 Å². The quantitative estimate of drug-likeness (QED) is 0.751. The highest BCUT2D eigenvalue weighted by atomic mass is 16.2. The van der Waals surface area contributed by atoms with Crippen LogP contribution in [0.3, 0.4) is 0 Å². The third-order valence-corrected chi connectivity index (χ3v) is 5.17. The zero-order valence-corrected chi connectivity index (χ0v) is 16.8. The Bertz CT molecular complexity index is 769. The molecule has 0 N–H and O–H groups in total. The van der Waals surface area contributed by atoms with Gasteiger partial charge in [0.1, 0.15) is 0 Å². The van der Waals surface area contributed by atoms with E-state index in [-0.39, 0.29) is 11.9 Å². The van der Waals surface area contributed by atoms with Crippen molar-refractivity contribution in [1.29, 1.82) is 0 Å². The smallest absolute Gasteiger partial charge is 0.312 e. The Hall–Kier alpha value is -2.66. The summed E-state index contributed by atoms with van der Waals surface area (Å²) in [6.07, 6.45) is 0. The van der Waals surface area contributed by atoms with Gasteiger partial charge in [0.2, 0.25) is 0 Å². The Kier molecular flexibility index (Phi) is 6.82. The van der Waals surface area contributed by atoms with Crippen LogP contribution in [0, 0.1) is 0 Å². The van der Waals surface area contributed by atoms with E-state index in [4.69, 9.17) is 0 Å². The molecular formula is C23H29N3O2. The van der Waals surface area contributed by atoms with Gasteiger partial charge in [-0.1, -0.05) is 60.7 Å².